The minimum absolute atomic E-state index is 0.0804. The number of aromatic nitrogens is 2. The second kappa shape index (κ2) is 5.51. The standard InChI is InChI=1S/C15H11ClF2N4O/c1-22-6-20-9-2-3-10(14(18)12(9)15(22)23)21-11-5-7(16)4-8(19)13(11)17/h2-6,21H,19H2,1H3. The molecule has 5 nitrogen and oxygen atoms in total. The van der Waals surface area contributed by atoms with Crippen molar-refractivity contribution in [3.05, 3.63) is 57.6 Å². The number of hydrogen-bond donors (Lipinski definition) is 2. The van der Waals surface area contributed by atoms with Crippen LogP contribution in [-0.4, -0.2) is 9.55 Å². The van der Waals surface area contributed by atoms with Crippen LogP contribution in [-0.2, 0) is 7.05 Å². The van der Waals surface area contributed by atoms with Crippen LogP contribution in [0.3, 0.4) is 0 Å². The van der Waals surface area contributed by atoms with Crippen molar-refractivity contribution in [1.29, 1.82) is 0 Å². The van der Waals surface area contributed by atoms with Crippen LogP contribution in [0.5, 0.6) is 0 Å². The number of aryl methyl sites for hydroxylation is 1. The molecule has 8 heteroatoms. The Morgan fingerprint density at radius 3 is 2.70 bits per heavy atom. The molecular formula is C15H11ClF2N4O. The third-order valence-corrected chi connectivity index (χ3v) is 3.58. The smallest absolute Gasteiger partial charge is 0.263 e. The highest BCUT2D eigenvalue weighted by Crippen LogP contribution is 2.30. The topological polar surface area (TPSA) is 72.9 Å². The lowest BCUT2D eigenvalue weighted by Crippen LogP contribution is -2.18. The van der Waals surface area contributed by atoms with Gasteiger partial charge in [0, 0.05) is 12.1 Å². The number of hydrogen-bond acceptors (Lipinski definition) is 4. The monoisotopic (exact) mass is 336 g/mol. The predicted octanol–water partition coefficient (Wildman–Crippen LogP) is 3.19. The van der Waals surface area contributed by atoms with Gasteiger partial charge in [-0.2, -0.15) is 0 Å². The van der Waals surface area contributed by atoms with Gasteiger partial charge >= 0.3 is 0 Å². The Morgan fingerprint density at radius 1 is 1.22 bits per heavy atom. The van der Waals surface area contributed by atoms with Crippen molar-refractivity contribution < 1.29 is 8.78 Å². The fraction of sp³-hybridized carbons (Fsp3) is 0.0667. The SMILES string of the molecule is Cn1cnc2ccc(Nc3cc(Cl)cc(N)c3F)c(F)c2c1=O. The molecule has 2 aromatic carbocycles. The van der Waals surface area contributed by atoms with Crippen LogP contribution in [0.4, 0.5) is 25.8 Å². The summed E-state index contributed by atoms with van der Waals surface area (Å²) in [6, 6.07) is 5.35. The summed E-state index contributed by atoms with van der Waals surface area (Å²) in [7, 11) is 1.46. The number of halogens is 3. The third-order valence-electron chi connectivity index (χ3n) is 3.36. The van der Waals surface area contributed by atoms with Crippen LogP contribution in [0.15, 0.2) is 35.4 Å². The molecule has 0 aliphatic heterocycles. The van der Waals surface area contributed by atoms with Crippen LogP contribution < -0.4 is 16.6 Å². The molecule has 1 heterocycles. The molecule has 0 unspecified atom stereocenters. The highest BCUT2D eigenvalue weighted by molar-refractivity contribution is 6.31. The first-order valence-corrected chi connectivity index (χ1v) is 6.91. The van der Waals surface area contributed by atoms with Gasteiger partial charge in [0.15, 0.2) is 11.6 Å². The maximum Gasteiger partial charge on any atom is 0.263 e. The van der Waals surface area contributed by atoms with Gasteiger partial charge in [-0.05, 0) is 24.3 Å². The molecule has 3 rings (SSSR count). The van der Waals surface area contributed by atoms with E-state index in [1.165, 1.54) is 37.6 Å². The number of fused-ring (bicyclic) bond motifs is 1. The lowest BCUT2D eigenvalue weighted by molar-refractivity contribution is 0.632. The number of nitrogens with one attached hydrogen (secondary N) is 1. The molecule has 118 valence electrons. The molecule has 0 fully saturated rings. The summed E-state index contributed by atoms with van der Waals surface area (Å²) < 4.78 is 29.8. The summed E-state index contributed by atoms with van der Waals surface area (Å²) in [5.41, 5.74) is 4.82. The molecule has 0 saturated carbocycles. The van der Waals surface area contributed by atoms with Gasteiger partial charge in [-0.15, -0.1) is 0 Å². The Bertz CT molecular complexity index is 987. The van der Waals surface area contributed by atoms with E-state index in [2.05, 4.69) is 10.3 Å². The Labute approximate surface area is 134 Å². The Balaban J connectivity index is 2.17. The van der Waals surface area contributed by atoms with E-state index in [0.29, 0.717) is 0 Å². The lowest BCUT2D eigenvalue weighted by Gasteiger charge is -2.12. The first kappa shape index (κ1) is 15.2. The van der Waals surface area contributed by atoms with Gasteiger partial charge in [-0.3, -0.25) is 4.79 Å². The summed E-state index contributed by atoms with van der Waals surface area (Å²) >= 11 is 5.83. The van der Waals surface area contributed by atoms with E-state index in [1.807, 2.05) is 0 Å². The Morgan fingerprint density at radius 2 is 1.96 bits per heavy atom. The summed E-state index contributed by atoms with van der Waals surface area (Å²) in [6.45, 7) is 0. The van der Waals surface area contributed by atoms with Gasteiger partial charge in [0.05, 0.1) is 28.9 Å². The average Bonchev–Trinajstić information content (AvgIpc) is 2.50. The average molecular weight is 337 g/mol. The molecule has 23 heavy (non-hydrogen) atoms. The number of nitrogens with zero attached hydrogens (tertiary/aromatic N) is 2. The van der Waals surface area contributed by atoms with Crippen molar-refractivity contribution in [2.24, 2.45) is 7.05 Å². The molecule has 0 aliphatic carbocycles. The number of nitrogen functional groups attached to an aromatic ring is 1. The molecule has 3 aromatic rings. The minimum Gasteiger partial charge on any atom is -0.396 e. The molecule has 0 radical (unpaired) electrons. The van der Waals surface area contributed by atoms with Gasteiger partial charge in [0.25, 0.3) is 5.56 Å². The van der Waals surface area contributed by atoms with Crippen molar-refractivity contribution in [1.82, 2.24) is 9.55 Å². The largest absolute Gasteiger partial charge is 0.396 e. The molecular weight excluding hydrogens is 326 g/mol. The highest BCUT2D eigenvalue weighted by Gasteiger charge is 2.15. The molecule has 0 atom stereocenters. The Hall–Kier alpha value is -2.67. The molecule has 0 aliphatic rings. The number of benzene rings is 2. The zero-order valence-electron chi connectivity index (χ0n) is 11.9. The van der Waals surface area contributed by atoms with Crippen LogP contribution in [0, 0.1) is 11.6 Å². The second-order valence-electron chi connectivity index (χ2n) is 4.96. The fourth-order valence-corrected chi connectivity index (χ4v) is 2.42. The van der Waals surface area contributed by atoms with E-state index in [-0.39, 0.29) is 33.0 Å². The van der Waals surface area contributed by atoms with Crippen LogP contribution in [0.2, 0.25) is 5.02 Å². The molecule has 0 saturated heterocycles. The molecule has 0 bridgehead atoms. The first-order valence-electron chi connectivity index (χ1n) is 6.54. The number of nitrogens with two attached hydrogens (primary N) is 1. The summed E-state index contributed by atoms with van der Waals surface area (Å²) in [5.74, 6) is -1.58. The number of rotatable bonds is 2. The molecule has 0 amide bonds. The third kappa shape index (κ3) is 2.59. The normalized spacial score (nSPS) is 11.0. The lowest BCUT2D eigenvalue weighted by atomic mass is 10.2. The van der Waals surface area contributed by atoms with Crippen molar-refractivity contribution in [3.63, 3.8) is 0 Å². The van der Waals surface area contributed by atoms with Crippen LogP contribution in [0.25, 0.3) is 10.9 Å². The van der Waals surface area contributed by atoms with Gasteiger partial charge in [-0.25, -0.2) is 13.8 Å². The zero-order valence-corrected chi connectivity index (χ0v) is 12.7. The van der Waals surface area contributed by atoms with Crippen molar-refractivity contribution in [3.8, 4) is 0 Å². The van der Waals surface area contributed by atoms with Gasteiger partial charge in [0.1, 0.15) is 5.39 Å². The molecule has 3 N–H and O–H groups in total. The summed E-state index contributed by atoms with van der Waals surface area (Å²) in [4.78, 5) is 16.0. The van der Waals surface area contributed by atoms with E-state index in [4.69, 9.17) is 17.3 Å². The summed E-state index contributed by atoms with van der Waals surface area (Å²) in [6.07, 6.45) is 1.30. The highest BCUT2D eigenvalue weighted by atomic mass is 35.5. The van der Waals surface area contributed by atoms with Gasteiger partial charge in [0.2, 0.25) is 0 Å². The minimum atomic E-state index is -0.825. The van der Waals surface area contributed by atoms with Crippen molar-refractivity contribution in [2.75, 3.05) is 11.1 Å². The van der Waals surface area contributed by atoms with Crippen LogP contribution >= 0.6 is 11.6 Å². The van der Waals surface area contributed by atoms with E-state index in [9.17, 15) is 13.6 Å². The second-order valence-corrected chi connectivity index (χ2v) is 5.40. The molecule has 0 spiro atoms. The van der Waals surface area contributed by atoms with Gasteiger partial charge < -0.3 is 15.6 Å². The van der Waals surface area contributed by atoms with E-state index in [1.54, 1.807) is 0 Å². The molecule has 1 aromatic heterocycles. The summed E-state index contributed by atoms with van der Waals surface area (Å²) in [5, 5.41) is 2.59. The van der Waals surface area contributed by atoms with Crippen molar-refractivity contribution in [2.45, 2.75) is 0 Å². The first-order chi connectivity index (χ1) is 10.9. The maximum absolute atomic E-state index is 14.6. The van der Waals surface area contributed by atoms with E-state index < -0.39 is 17.2 Å². The van der Waals surface area contributed by atoms with Crippen LogP contribution in [0.1, 0.15) is 0 Å². The maximum atomic E-state index is 14.6. The predicted molar refractivity (Wildman–Crippen MR) is 86.0 cm³/mol. The quantitative estimate of drug-likeness (QED) is 0.705. The van der Waals surface area contributed by atoms with Gasteiger partial charge in [-0.1, -0.05) is 11.6 Å². The Kier molecular flexibility index (Phi) is 3.65. The van der Waals surface area contributed by atoms with Crippen molar-refractivity contribution >= 4 is 39.6 Å². The zero-order chi connectivity index (χ0) is 16.7. The fourth-order valence-electron chi connectivity index (χ4n) is 2.20. The number of anilines is 3. The van der Waals surface area contributed by atoms with E-state index in [0.717, 1.165) is 4.57 Å². The van der Waals surface area contributed by atoms with E-state index >= 15 is 0 Å².